The van der Waals surface area contributed by atoms with Crippen LogP contribution in [0.15, 0.2) is 12.1 Å². The maximum Gasteiger partial charge on any atom is 0.127 e. The second-order valence-corrected chi connectivity index (χ2v) is 5.29. The molecule has 1 aliphatic heterocycles. The van der Waals surface area contributed by atoms with E-state index in [-0.39, 0.29) is 0 Å². The highest BCUT2D eigenvalue weighted by Crippen LogP contribution is 2.35. The normalized spacial score (nSPS) is 19.7. The zero-order chi connectivity index (χ0) is 12.4. The molecule has 1 aromatic rings. The monoisotopic (exact) mass is 233 g/mol. The molecule has 1 atom stereocenters. The third-order valence-electron chi connectivity index (χ3n) is 3.50. The zero-order valence-corrected chi connectivity index (χ0v) is 11.3. The van der Waals surface area contributed by atoms with Crippen molar-refractivity contribution in [3.63, 3.8) is 0 Å². The van der Waals surface area contributed by atoms with E-state index >= 15 is 0 Å². The molecule has 0 fully saturated rings. The van der Waals surface area contributed by atoms with Gasteiger partial charge in [-0.2, -0.15) is 0 Å². The number of nitrogens with one attached hydrogen (secondary N) is 1. The first kappa shape index (κ1) is 12.4. The molecule has 1 aromatic carbocycles. The van der Waals surface area contributed by atoms with Gasteiger partial charge >= 0.3 is 0 Å². The molecule has 1 aliphatic rings. The summed E-state index contributed by atoms with van der Waals surface area (Å²) in [6.07, 6.45) is 2.28. The lowest BCUT2D eigenvalue weighted by atomic mass is 9.97. The summed E-state index contributed by atoms with van der Waals surface area (Å²) < 4.78 is 5.93. The minimum Gasteiger partial charge on any atom is -0.493 e. The molecule has 0 radical (unpaired) electrons. The Kier molecular flexibility index (Phi) is 3.72. The first-order valence-corrected chi connectivity index (χ1v) is 6.58. The fourth-order valence-electron chi connectivity index (χ4n) is 2.47. The van der Waals surface area contributed by atoms with E-state index in [1.54, 1.807) is 0 Å². The van der Waals surface area contributed by atoms with Crippen molar-refractivity contribution in [2.75, 3.05) is 6.61 Å². The number of hydrogen-bond donors (Lipinski definition) is 1. The Morgan fingerprint density at radius 2 is 2.06 bits per heavy atom. The molecular weight excluding hydrogens is 210 g/mol. The van der Waals surface area contributed by atoms with Gasteiger partial charge in [0.15, 0.2) is 0 Å². The Morgan fingerprint density at radius 3 is 2.76 bits per heavy atom. The van der Waals surface area contributed by atoms with E-state index < -0.39 is 0 Å². The minimum atomic E-state index is 0.437. The van der Waals surface area contributed by atoms with Crippen LogP contribution < -0.4 is 10.1 Å². The van der Waals surface area contributed by atoms with Crippen LogP contribution in [-0.2, 0) is 0 Å². The molecule has 0 aliphatic carbocycles. The summed E-state index contributed by atoms with van der Waals surface area (Å²) >= 11 is 0. The van der Waals surface area contributed by atoms with E-state index in [9.17, 15) is 0 Å². The SMILES string of the molecule is Cc1ccc2c(c1C)OCCCC2NC(C)C. The standard InChI is InChI=1S/C15H23NO/c1-10(2)16-14-6-5-9-17-15-12(4)11(3)7-8-13(14)15/h7-8,10,14,16H,5-6,9H2,1-4H3. The van der Waals surface area contributed by atoms with Crippen LogP contribution >= 0.6 is 0 Å². The highest BCUT2D eigenvalue weighted by Gasteiger charge is 2.21. The predicted molar refractivity (Wildman–Crippen MR) is 71.7 cm³/mol. The summed E-state index contributed by atoms with van der Waals surface area (Å²) in [6.45, 7) is 9.55. The second kappa shape index (κ2) is 5.09. The lowest BCUT2D eigenvalue weighted by Gasteiger charge is -2.22. The van der Waals surface area contributed by atoms with Gasteiger partial charge in [0.1, 0.15) is 5.75 Å². The van der Waals surface area contributed by atoms with Gasteiger partial charge < -0.3 is 10.1 Å². The van der Waals surface area contributed by atoms with Crippen molar-refractivity contribution in [2.45, 2.75) is 52.6 Å². The summed E-state index contributed by atoms with van der Waals surface area (Å²) in [4.78, 5) is 0. The zero-order valence-electron chi connectivity index (χ0n) is 11.3. The molecule has 0 saturated carbocycles. The van der Waals surface area contributed by atoms with Crippen LogP contribution in [0.2, 0.25) is 0 Å². The number of fused-ring (bicyclic) bond motifs is 1. The summed E-state index contributed by atoms with van der Waals surface area (Å²) in [5.74, 6) is 1.11. The van der Waals surface area contributed by atoms with Crippen LogP contribution in [0.1, 0.15) is 49.4 Å². The molecule has 0 bridgehead atoms. The average molecular weight is 233 g/mol. The topological polar surface area (TPSA) is 21.3 Å². The highest BCUT2D eigenvalue weighted by atomic mass is 16.5. The van der Waals surface area contributed by atoms with E-state index in [1.165, 1.54) is 16.7 Å². The fourth-order valence-corrected chi connectivity index (χ4v) is 2.47. The van der Waals surface area contributed by atoms with Crippen molar-refractivity contribution < 1.29 is 4.74 Å². The van der Waals surface area contributed by atoms with Crippen LogP contribution in [0.5, 0.6) is 5.75 Å². The lowest BCUT2D eigenvalue weighted by Crippen LogP contribution is -2.28. The Balaban J connectivity index is 2.39. The van der Waals surface area contributed by atoms with Gasteiger partial charge in [0, 0.05) is 17.6 Å². The van der Waals surface area contributed by atoms with Crippen LogP contribution in [0.3, 0.4) is 0 Å². The summed E-state index contributed by atoms with van der Waals surface area (Å²) in [6, 6.07) is 5.38. The van der Waals surface area contributed by atoms with E-state index in [0.29, 0.717) is 12.1 Å². The Labute approximate surface area is 104 Å². The first-order valence-electron chi connectivity index (χ1n) is 6.58. The molecule has 94 valence electrons. The molecule has 2 nitrogen and oxygen atoms in total. The van der Waals surface area contributed by atoms with Crippen LogP contribution in [0, 0.1) is 13.8 Å². The van der Waals surface area contributed by atoms with Crippen molar-refractivity contribution in [1.82, 2.24) is 5.32 Å². The fraction of sp³-hybridized carbons (Fsp3) is 0.600. The number of hydrogen-bond acceptors (Lipinski definition) is 2. The van der Waals surface area contributed by atoms with Crippen LogP contribution in [0.25, 0.3) is 0 Å². The molecular formula is C15H23NO. The molecule has 17 heavy (non-hydrogen) atoms. The van der Waals surface area contributed by atoms with Gasteiger partial charge in [0.25, 0.3) is 0 Å². The van der Waals surface area contributed by atoms with Crippen molar-refractivity contribution in [3.05, 3.63) is 28.8 Å². The predicted octanol–water partition coefficient (Wildman–Crippen LogP) is 3.52. The first-order chi connectivity index (χ1) is 8.09. The van der Waals surface area contributed by atoms with Gasteiger partial charge in [-0.05, 0) is 37.8 Å². The van der Waals surface area contributed by atoms with Crippen LogP contribution in [0.4, 0.5) is 0 Å². The molecule has 0 spiro atoms. The number of aryl methyl sites for hydroxylation is 1. The molecule has 1 heterocycles. The number of rotatable bonds is 2. The third kappa shape index (κ3) is 2.63. The molecule has 2 rings (SSSR count). The molecule has 1 N–H and O–H groups in total. The Hall–Kier alpha value is -1.02. The van der Waals surface area contributed by atoms with Gasteiger partial charge in [-0.3, -0.25) is 0 Å². The molecule has 0 saturated heterocycles. The van der Waals surface area contributed by atoms with Crippen molar-refractivity contribution in [1.29, 1.82) is 0 Å². The van der Waals surface area contributed by atoms with Gasteiger partial charge in [0.05, 0.1) is 6.61 Å². The van der Waals surface area contributed by atoms with Gasteiger partial charge in [-0.15, -0.1) is 0 Å². The van der Waals surface area contributed by atoms with Crippen molar-refractivity contribution in [2.24, 2.45) is 0 Å². The van der Waals surface area contributed by atoms with Gasteiger partial charge in [0.2, 0.25) is 0 Å². The van der Waals surface area contributed by atoms with Crippen molar-refractivity contribution in [3.8, 4) is 5.75 Å². The van der Waals surface area contributed by atoms with Gasteiger partial charge in [-0.25, -0.2) is 0 Å². The highest BCUT2D eigenvalue weighted by molar-refractivity contribution is 5.47. The summed E-state index contributed by atoms with van der Waals surface area (Å²) in [5.41, 5.74) is 3.94. The third-order valence-corrected chi connectivity index (χ3v) is 3.50. The van der Waals surface area contributed by atoms with E-state index in [1.807, 2.05) is 0 Å². The smallest absolute Gasteiger partial charge is 0.127 e. The molecule has 0 aromatic heterocycles. The van der Waals surface area contributed by atoms with E-state index in [2.05, 4.69) is 45.1 Å². The van der Waals surface area contributed by atoms with Crippen molar-refractivity contribution >= 4 is 0 Å². The maximum absolute atomic E-state index is 5.93. The molecule has 1 unspecified atom stereocenters. The second-order valence-electron chi connectivity index (χ2n) is 5.29. The summed E-state index contributed by atoms with van der Waals surface area (Å²) in [7, 11) is 0. The number of benzene rings is 1. The van der Waals surface area contributed by atoms with E-state index in [4.69, 9.17) is 4.74 Å². The molecule has 0 amide bonds. The maximum atomic E-state index is 5.93. The largest absolute Gasteiger partial charge is 0.493 e. The van der Waals surface area contributed by atoms with Crippen LogP contribution in [-0.4, -0.2) is 12.6 Å². The van der Waals surface area contributed by atoms with E-state index in [0.717, 1.165) is 25.2 Å². The van der Waals surface area contributed by atoms with Gasteiger partial charge in [-0.1, -0.05) is 26.0 Å². The lowest BCUT2D eigenvalue weighted by molar-refractivity contribution is 0.312. The Morgan fingerprint density at radius 1 is 1.29 bits per heavy atom. The molecule has 2 heteroatoms. The Bertz CT molecular complexity index is 398. The quantitative estimate of drug-likeness (QED) is 0.844. The summed E-state index contributed by atoms with van der Waals surface area (Å²) in [5, 5.41) is 3.64. The average Bonchev–Trinajstić information content (AvgIpc) is 2.46. The minimum absolute atomic E-state index is 0.437. The number of ether oxygens (including phenoxy) is 1.